The molecule has 0 bridgehead atoms. The highest BCUT2D eigenvalue weighted by molar-refractivity contribution is 6.17. The molecule has 3 rings (SSSR count). The Labute approximate surface area is 159 Å². The number of hydrogen-bond donors (Lipinski definition) is 2. The molecule has 0 spiro atoms. The van der Waals surface area contributed by atoms with Crippen LogP contribution in [0.1, 0.15) is 11.1 Å². The molecular weight excluding hydrogens is 379 g/mol. The van der Waals surface area contributed by atoms with Crippen LogP contribution in [-0.4, -0.2) is 66.2 Å². The quantitative estimate of drug-likeness (QED) is 0.700. The van der Waals surface area contributed by atoms with Crippen LogP contribution >= 0.6 is 0 Å². The minimum atomic E-state index is -4.56. The lowest BCUT2D eigenvalue weighted by atomic mass is 10.0. The second-order valence-corrected chi connectivity index (χ2v) is 6.46. The van der Waals surface area contributed by atoms with Crippen LogP contribution in [0.4, 0.5) is 18.9 Å². The van der Waals surface area contributed by atoms with E-state index in [2.05, 4.69) is 5.32 Å². The minimum absolute atomic E-state index is 0.0521. The molecule has 1 aromatic rings. The number of carbonyl (C=O) groups excluding carboxylic acids is 2. The summed E-state index contributed by atoms with van der Waals surface area (Å²) in [6.45, 7) is 1.65. The van der Waals surface area contributed by atoms with Crippen LogP contribution < -0.4 is 5.32 Å². The molecule has 10 heteroatoms. The molecule has 2 amide bonds. The molecular formula is C18H20F3N3O4. The standard InChI is InChI=1S/C18H20F3N3O4/c19-18(20,21)14-9-13(2-1-12(14)11-23-4-7-28-8-5-23)22-15-10-16(26)24(3-6-25)17(15)27/h1-2,9-10,22,25H,3-8,11H2. The number of rotatable bonds is 6. The van der Waals surface area contributed by atoms with E-state index in [1.165, 1.54) is 12.1 Å². The molecule has 2 aliphatic rings. The molecule has 0 atom stereocenters. The molecule has 1 aromatic carbocycles. The van der Waals surface area contributed by atoms with Crippen molar-refractivity contribution in [2.24, 2.45) is 0 Å². The molecule has 1 saturated heterocycles. The van der Waals surface area contributed by atoms with Gasteiger partial charge >= 0.3 is 6.18 Å². The molecule has 0 unspecified atom stereocenters. The number of hydrogen-bond acceptors (Lipinski definition) is 6. The first-order valence-corrected chi connectivity index (χ1v) is 8.75. The first-order valence-electron chi connectivity index (χ1n) is 8.75. The first kappa shape index (κ1) is 20.3. The Morgan fingerprint density at radius 3 is 2.54 bits per heavy atom. The number of carbonyl (C=O) groups is 2. The molecule has 2 aliphatic heterocycles. The lowest BCUT2D eigenvalue weighted by molar-refractivity contribution is -0.139. The summed E-state index contributed by atoms with van der Waals surface area (Å²) in [7, 11) is 0. The van der Waals surface area contributed by atoms with Gasteiger partial charge in [-0.15, -0.1) is 0 Å². The number of ether oxygens (including phenoxy) is 1. The predicted octanol–water partition coefficient (Wildman–Crippen LogP) is 1.19. The molecule has 2 heterocycles. The molecule has 0 aliphatic carbocycles. The zero-order valence-electron chi connectivity index (χ0n) is 15.0. The number of imide groups is 1. The Hall–Kier alpha value is -2.43. The largest absolute Gasteiger partial charge is 0.416 e. The fraction of sp³-hybridized carbons (Fsp3) is 0.444. The summed E-state index contributed by atoms with van der Waals surface area (Å²) in [4.78, 5) is 26.6. The zero-order valence-corrected chi connectivity index (χ0v) is 15.0. The van der Waals surface area contributed by atoms with E-state index in [9.17, 15) is 22.8 Å². The third-order valence-electron chi connectivity index (χ3n) is 4.52. The third kappa shape index (κ3) is 4.51. The first-order chi connectivity index (χ1) is 13.3. The van der Waals surface area contributed by atoms with E-state index >= 15 is 0 Å². The van der Waals surface area contributed by atoms with Crippen molar-refractivity contribution in [3.05, 3.63) is 41.1 Å². The van der Waals surface area contributed by atoms with Gasteiger partial charge in [-0.25, -0.2) is 0 Å². The van der Waals surface area contributed by atoms with Gasteiger partial charge < -0.3 is 15.2 Å². The van der Waals surface area contributed by atoms with Crippen LogP contribution in [0.3, 0.4) is 0 Å². The van der Waals surface area contributed by atoms with Crippen molar-refractivity contribution in [2.75, 3.05) is 44.8 Å². The van der Waals surface area contributed by atoms with E-state index in [-0.39, 0.29) is 30.0 Å². The molecule has 1 fully saturated rings. The van der Waals surface area contributed by atoms with Crippen molar-refractivity contribution < 1.29 is 32.6 Å². The summed E-state index contributed by atoms with van der Waals surface area (Å²) in [5, 5.41) is 11.5. The van der Waals surface area contributed by atoms with Crippen LogP contribution in [0.2, 0.25) is 0 Å². The van der Waals surface area contributed by atoms with Gasteiger partial charge in [0.05, 0.1) is 31.9 Å². The molecule has 0 aromatic heterocycles. The number of β-amino-alcohol motifs (C(OH)–C–C–N with tert-alkyl or cyclic N) is 1. The lowest BCUT2D eigenvalue weighted by Gasteiger charge is -2.28. The smallest absolute Gasteiger partial charge is 0.395 e. The van der Waals surface area contributed by atoms with Crippen molar-refractivity contribution in [1.29, 1.82) is 0 Å². The number of nitrogens with one attached hydrogen (secondary N) is 1. The summed E-state index contributed by atoms with van der Waals surface area (Å²) >= 11 is 0. The molecule has 7 nitrogen and oxygen atoms in total. The van der Waals surface area contributed by atoms with Gasteiger partial charge in [0.2, 0.25) is 0 Å². The average molecular weight is 399 g/mol. The summed E-state index contributed by atoms with van der Waals surface area (Å²) in [5.74, 6) is -1.31. The second-order valence-electron chi connectivity index (χ2n) is 6.46. The summed E-state index contributed by atoms with van der Waals surface area (Å²) < 4.78 is 45.9. The van der Waals surface area contributed by atoms with E-state index in [0.717, 1.165) is 17.0 Å². The minimum Gasteiger partial charge on any atom is -0.395 e. The monoisotopic (exact) mass is 399 g/mol. The van der Waals surface area contributed by atoms with Gasteiger partial charge in [-0.3, -0.25) is 19.4 Å². The van der Waals surface area contributed by atoms with Crippen LogP contribution in [0.25, 0.3) is 0 Å². The second kappa shape index (κ2) is 8.29. The van der Waals surface area contributed by atoms with E-state index in [4.69, 9.17) is 9.84 Å². The van der Waals surface area contributed by atoms with Crippen molar-refractivity contribution in [1.82, 2.24) is 9.80 Å². The SMILES string of the molecule is O=C1C=C(Nc2ccc(CN3CCOCC3)c(C(F)(F)F)c2)C(=O)N1CCO. The van der Waals surface area contributed by atoms with E-state index in [1.807, 2.05) is 4.90 Å². The Morgan fingerprint density at radius 2 is 1.89 bits per heavy atom. The van der Waals surface area contributed by atoms with Gasteiger partial charge in [0.15, 0.2) is 0 Å². The highest BCUT2D eigenvalue weighted by atomic mass is 19.4. The predicted molar refractivity (Wildman–Crippen MR) is 93.1 cm³/mol. The molecule has 2 N–H and O–H groups in total. The maximum atomic E-state index is 13.6. The third-order valence-corrected chi connectivity index (χ3v) is 4.52. The topological polar surface area (TPSA) is 82.1 Å². The van der Waals surface area contributed by atoms with Gasteiger partial charge in [0, 0.05) is 31.4 Å². The highest BCUT2D eigenvalue weighted by Crippen LogP contribution is 2.35. The van der Waals surface area contributed by atoms with Crippen molar-refractivity contribution >= 4 is 17.5 Å². The lowest BCUT2D eigenvalue weighted by Crippen LogP contribution is -2.36. The molecule has 28 heavy (non-hydrogen) atoms. The maximum absolute atomic E-state index is 13.6. The van der Waals surface area contributed by atoms with Gasteiger partial charge in [0.1, 0.15) is 5.70 Å². The van der Waals surface area contributed by atoms with Crippen LogP contribution in [-0.2, 0) is 27.0 Å². The van der Waals surface area contributed by atoms with Gasteiger partial charge in [-0.1, -0.05) is 6.07 Å². The molecule has 152 valence electrons. The van der Waals surface area contributed by atoms with E-state index < -0.39 is 30.2 Å². The van der Waals surface area contributed by atoms with Crippen LogP contribution in [0.15, 0.2) is 30.0 Å². The Bertz CT molecular complexity index is 789. The summed E-state index contributed by atoms with van der Waals surface area (Å²) in [5.41, 5.74) is -0.748. The normalized spacial score (nSPS) is 18.6. The Morgan fingerprint density at radius 1 is 1.18 bits per heavy atom. The van der Waals surface area contributed by atoms with E-state index in [0.29, 0.717) is 26.3 Å². The van der Waals surface area contributed by atoms with Crippen molar-refractivity contribution in [3.8, 4) is 0 Å². The number of amides is 2. The number of halogens is 3. The van der Waals surface area contributed by atoms with Crippen LogP contribution in [0, 0.1) is 0 Å². The molecule has 0 radical (unpaired) electrons. The Balaban J connectivity index is 1.80. The number of anilines is 1. The molecule has 0 saturated carbocycles. The van der Waals surface area contributed by atoms with Crippen molar-refractivity contribution in [3.63, 3.8) is 0 Å². The number of morpholine rings is 1. The summed E-state index contributed by atoms with van der Waals surface area (Å²) in [6.07, 6.45) is -3.56. The van der Waals surface area contributed by atoms with Gasteiger partial charge in [-0.2, -0.15) is 13.2 Å². The number of alkyl halides is 3. The maximum Gasteiger partial charge on any atom is 0.416 e. The van der Waals surface area contributed by atoms with Gasteiger partial charge in [0.25, 0.3) is 11.8 Å². The van der Waals surface area contributed by atoms with Gasteiger partial charge in [-0.05, 0) is 17.7 Å². The average Bonchev–Trinajstić information content (AvgIpc) is 2.91. The van der Waals surface area contributed by atoms with E-state index in [1.54, 1.807) is 0 Å². The van der Waals surface area contributed by atoms with Crippen molar-refractivity contribution in [2.45, 2.75) is 12.7 Å². The number of benzene rings is 1. The van der Waals surface area contributed by atoms with Crippen LogP contribution in [0.5, 0.6) is 0 Å². The highest BCUT2D eigenvalue weighted by Gasteiger charge is 2.35. The number of aliphatic hydroxyl groups excluding tert-OH is 1. The fourth-order valence-corrected chi connectivity index (χ4v) is 3.12. The zero-order chi connectivity index (χ0) is 20.3. The fourth-order valence-electron chi connectivity index (χ4n) is 3.12. The summed E-state index contributed by atoms with van der Waals surface area (Å²) in [6, 6.07) is 3.75. The number of aliphatic hydroxyl groups is 1. The number of nitrogens with zero attached hydrogens (tertiary/aromatic N) is 2. The Kier molecular flexibility index (Phi) is 6.01.